The number of carbonyl (C=O) groups excluding carboxylic acids is 2. The Hall–Kier alpha value is -3.65. The number of aromatic nitrogens is 2. The topological polar surface area (TPSA) is 94.2 Å². The first kappa shape index (κ1) is 24.5. The molecule has 0 unspecified atom stereocenters. The summed E-state index contributed by atoms with van der Waals surface area (Å²) in [5.41, 5.74) is 1.27. The monoisotopic (exact) mass is 489 g/mol. The summed E-state index contributed by atoms with van der Waals surface area (Å²) in [5.74, 6) is 0.884. The molecular formula is C27H27N3O4S. The number of Topliss-reactive ketones (excluding diaryl/α,β-unsaturated/α-hetero) is 1. The number of nitrogens with one attached hydrogen (secondary N) is 1. The predicted molar refractivity (Wildman–Crippen MR) is 137 cm³/mol. The van der Waals surface area contributed by atoms with Crippen LogP contribution in [0.25, 0.3) is 10.9 Å². The molecule has 0 radical (unpaired) electrons. The van der Waals surface area contributed by atoms with Gasteiger partial charge < -0.3 is 9.73 Å². The average Bonchev–Trinajstić information content (AvgIpc) is 3.39. The quantitative estimate of drug-likeness (QED) is 0.193. The van der Waals surface area contributed by atoms with Crippen LogP contribution in [-0.2, 0) is 13.1 Å². The summed E-state index contributed by atoms with van der Waals surface area (Å²) in [7, 11) is 0. The maximum absolute atomic E-state index is 13.4. The standard InChI is InChI=1S/C27H27N3O4S/c1-18(2)12-13-30-26(33)22-11-10-20(25(32)28-16-21-9-6-14-34-21)15-23(22)29-27(30)35-17-24(31)19-7-4-3-5-8-19/h3-11,14-15,18H,12-13,16-17H2,1-2H3,(H,28,32). The van der Waals surface area contributed by atoms with Crippen LogP contribution in [0.4, 0.5) is 0 Å². The number of fused-ring (bicyclic) bond motifs is 1. The molecule has 4 aromatic rings. The Labute approximate surface area is 207 Å². The molecule has 0 spiro atoms. The minimum Gasteiger partial charge on any atom is -0.467 e. The second-order valence-electron chi connectivity index (χ2n) is 8.61. The van der Waals surface area contributed by atoms with Gasteiger partial charge in [-0.05, 0) is 42.7 Å². The maximum Gasteiger partial charge on any atom is 0.262 e. The van der Waals surface area contributed by atoms with Gasteiger partial charge in [-0.2, -0.15) is 0 Å². The number of benzene rings is 2. The molecule has 1 N–H and O–H groups in total. The Morgan fingerprint density at radius 2 is 1.86 bits per heavy atom. The lowest BCUT2D eigenvalue weighted by molar-refractivity contribution is 0.0947. The first-order chi connectivity index (χ1) is 16.9. The number of furan rings is 1. The van der Waals surface area contributed by atoms with Crippen LogP contribution in [0, 0.1) is 5.92 Å². The molecule has 0 saturated heterocycles. The highest BCUT2D eigenvalue weighted by molar-refractivity contribution is 7.99. The van der Waals surface area contributed by atoms with Crippen molar-refractivity contribution in [1.82, 2.24) is 14.9 Å². The number of hydrogen-bond acceptors (Lipinski definition) is 6. The Bertz CT molecular complexity index is 1380. The Kier molecular flexibility index (Phi) is 7.82. The number of hydrogen-bond donors (Lipinski definition) is 1. The summed E-state index contributed by atoms with van der Waals surface area (Å²) in [6.07, 6.45) is 2.36. The van der Waals surface area contributed by atoms with Gasteiger partial charge in [0, 0.05) is 17.7 Å². The third-order valence-corrected chi connectivity index (χ3v) is 6.52. The average molecular weight is 490 g/mol. The second kappa shape index (κ2) is 11.2. The fourth-order valence-electron chi connectivity index (χ4n) is 3.56. The number of carbonyl (C=O) groups is 2. The van der Waals surface area contributed by atoms with Gasteiger partial charge >= 0.3 is 0 Å². The minimum absolute atomic E-state index is 0.0357. The molecule has 8 heteroatoms. The van der Waals surface area contributed by atoms with Gasteiger partial charge in [-0.15, -0.1) is 0 Å². The van der Waals surface area contributed by atoms with Crippen LogP contribution in [0.15, 0.2) is 81.3 Å². The number of ketones is 1. The third kappa shape index (κ3) is 6.08. The van der Waals surface area contributed by atoms with Gasteiger partial charge in [-0.3, -0.25) is 19.0 Å². The zero-order valence-electron chi connectivity index (χ0n) is 19.7. The van der Waals surface area contributed by atoms with Crippen molar-refractivity contribution in [1.29, 1.82) is 0 Å². The number of thioether (sulfide) groups is 1. The van der Waals surface area contributed by atoms with Gasteiger partial charge in [0.2, 0.25) is 0 Å². The molecule has 7 nitrogen and oxygen atoms in total. The van der Waals surface area contributed by atoms with Gasteiger partial charge in [-0.25, -0.2) is 4.98 Å². The largest absolute Gasteiger partial charge is 0.467 e. The van der Waals surface area contributed by atoms with E-state index in [4.69, 9.17) is 9.40 Å². The van der Waals surface area contributed by atoms with Crippen LogP contribution >= 0.6 is 11.8 Å². The molecule has 0 bridgehead atoms. The van der Waals surface area contributed by atoms with E-state index in [1.54, 1.807) is 53.3 Å². The van der Waals surface area contributed by atoms with E-state index in [0.29, 0.717) is 45.4 Å². The molecule has 1 amide bonds. The summed E-state index contributed by atoms with van der Waals surface area (Å²) in [6, 6.07) is 17.5. The van der Waals surface area contributed by atoms with Gasteiger partial charge in [0.05, 0.1) is 29.5 Å². The number of nitrogens with zero attached hydrogens (tertiary/aromatic N) is 2. The van der Waals surface area contributed by atoms with Crippen molar-refractivity contribution in [2.24, 2.45) is 5.92 Å². The van der Waals surface area contributed by atoms with Crippen LogP contribution in [0.5, 0.6) is 0 Å². The molecule has 2 aromatic carbocycles. The van der Waals surface area contributed by atoms with E-state index in [1.165, 1.54) is 11.8 Å². The molecule has 0 aliphatic heterocycles. The van der Waals surface area contributed by atoms with Crippen molar-refractivity contribution in [3.05, 3.63) is 94.2 Å². The molecule has 0 fully saturated rings. The van der Waals surface area contributed by atoms with Crippen molar-refractivity contribution >= 4 is 34.4 Å². The zero-order valence-corrected chi connectivity index (χ0v) is 20.5. The van der Waals surface area contributed by atoms with Crippen LogP contribution in [0.3, 0.4) is 0 Å². The highest BCUT2D eigenvalue weighted by Crippen LogP contribution is 2.21. The second-order valence-corrected chi connectivity index (χ2v) is 9.55. The lowest BCUT2D eigenvalue weighted by atomic mass is 10.1. The molecule has 180 valence electrons. The molecule has 0 atom stereocenters. The van der Waals surface area contributed by atoms with E-state index in [0.717, 1.165) is 6.42 Å². The molecule has 35 heavy (non-hydrogen) atoms. The summed E-state index contributed by atoms with van der Waals surface area (Å²) < 4.78 is 6.89. The van der Waals surface area contributed by atoms with E-state index in [1.807, 2.05) is 18.2 Å². The molecule has 0 saturated carbocycles. The summed E-state index contributed by atoms with van der Waals surface area (Å²) in [5, 5.41) is 3.72. The van der Waals surface area contributed by atoms with Crippen molar-refractivity contribution < 1.29 is 14.0 Å². The normalized spacial score (nSPS) is 11.2. The molecule has 0 aliphatic rings. The Balaban J connectivity index is 1.62. The third-order valence-electron chi connectivity index (χ3n) is 5.54. The van der Waals surface area contributed by atoms with Crippen LogP contribution in [0.2, 0.25) is 0 Å². The van der Waals surface area contributed by atoms with Gasteiger partial charge in [-0.1, -0.05) is 55.9 Å². The van der Waals surface area contributed by atoms with E-state index in [2.05, 4.69) is 19.2 Å². The van der Waals surface area contributed by atoms with E-state index >= 15 is 0 Å². The van der Waals surface area contributed by atoms with Crippen molar-refractivity contribution in [3.8, 4) is 0 Å². The number of rotatable bonds is 10. The van der Waals surface area contributed by atoms with Crippen molar-refractivity contribution in [2.45, 2.75) is 38.5 Å². The van der Waals surface area contributed by atoms with Crippen molar-refractivity contribution in [2.75, 3.05) is 5.75 Å². The van der Waals surface area contributed by atoms with Crippen LogP contribution in [-0.4, -0.2) is 27.0 Å². The predicted octanol–water partition coefficient (Wildman–Crippen LogP) is 4.94. The maximum atomic E-state index is 13.4. The van der Waals surface area contributed by atoms with Crippen molar-refractivity contribution in [3.63, 3.8) is 0 Å². The fraction of sp³-hybridized carbons (Fsp3) is 0.259. The fourth-order valence-corrected chi connectivity index (χ4v) is 4.48. The van der Waals surface area contributed by atoms with Crippen LogP contribution < -0.4 is 10.9 Å². The molecule has 2 heterocycles. The Morgan fingerprint density at radius 1 is 1.06 bits per heavy atom. The summed E-state index contributed by atoms with van der Waals surface area (Å²) in [6.45, 7) is 4.96. The summed E-state index contributed by atoms with van der Waals surface area (Å²) >= 11 is 1.24. The van der Waals surface area contributed by atoms with Crippen LogP contribution in [0.1, 0.15) is 46.7 Å². The lowest BCUT2D eigenvalue weighted by Gasteiger charge is -2.14. The SMILES string of the molecule is CC(C)CCn1c(SCC(=O)c2ccccc2)nc2cc(C(=O)NCc3ccco3)ccc2c1=O. The summed E-state index contributed by atoms with van der Waals surface area (Å²) in [4.78, 5) is 43.4. The van der Waals surface area contributed by atoms with E-state index in [-0.39, 0.29) is 29.5 Å². The van der Waals surface area contributed by atoms with E-state index < -0.39 is 0 Å². The molecule has 2 aromatic heterocycles. The first-order valence-electron chi connectivity index (χ1n) is 11.5. The van der Waals surface area contributed by atoms with Gasteiger partial charge in [0.15, 0.2) is 10.9 Å². The molecule has 4 rings (SSSR count). The number of amides is 1. The van der Waals surface area contributed by atoms with Gasteiger partial charge in [0.25, 0.3) is 11.5 Å². The highest BCUT2D eigenvalue weighted by atomic mass is 32.2. The zero-order chi connectivity index (χ0) is 24.8. The first-order valence-corrected chi connectivity index (χ1v) is 12.5. The van der Waals surface area contributed by atoms with E-state index in [9.17, 15) is 14.4 Å². The highest BCUT2D eigenvalue weighted by Gasteiger charge is 2.16. The smallest absolute Gasteiger partial charge is 0.262 e. The molecular weight excluding hydrogens is 462 g/mol. The minimum atomic E-state index is -0.289. The molecule has 0 aliphatic carbocycles. The van der Waals surface area contributed by atoms with Gasteiger partial charge in [0.1, 0.15) is 5.76 Å². The Morgan fingerprint density at radius 3 is 2.57 bits per heavy atom. The lowest BCUT2D eigenvalue weighted by Crippen LogP contribution is -2.25.